The van der Waals surface area contributed by atoms with E-state index in [-0.39, 0.29) is 16.2 Å². The summed E-state index contributed by atoms with van der Waals surface area (Å²) in [5.41, 5.74) is 21.0. The van der Waals surface area contributed by atoms with Crippen LogP contribution in [0.15, 0.2) is 153 Å². The molecule has 1 radical (unpaired) electrons. The molecule has 0 amide bonds. The molecule has 0 unspecified atom stereocenters. The number of hydrogen-bond donors (Lipinski definition) is 1. The topological polar surface area (TPSA) is 17.0 Å². The van der Waals surface area contributed by atoms with Gasteiger partial charge in [-0.25, -0.2) is 0 Å². The van der Waals surface area contributed by atoms with E-state index in [0.717, 1.165) is 5.69 Å². The zero-order valence-electron chi connectivity index (χ0n) is 37.0. The fourth-order valence-corrected chi connectivity index (χ4v) is 13.9. The highest BCUT2D eigenvalue weighted by atomic mass is 32.2. The van der Waals surface area contributed by atoms with Gasteiger partial charge in [0, 0.05) is 63.9 Å². The third kappa shape index (κ3) is 5.36. The van der Waals surface area contributed by atoms with Crippen molar-refractivity contribution in [2.45, 2.75) is 97.1 Å². The van der Waals surface area contributed by atoms with Crippen LogP contribution in [0.1, 0.15) is 82.2 Å². The molecule has 13 rings (SSSR count). The minimum atomic E-state index is -0.208. The molecule has 2 nitrogen and oxygen atoms in total. The molecule has 2 aliphatic heterocycles. The zero-order chi connectivity index (χ0) is 42.7. The average molecular weight is 848 g/mol. The highest BCUT2D eigenvalue weighted by molar-refractivity contribution is 8.05. The van der Waals surface area contributed by atoms with Crippen LogP contribution >= 0.6 is 23.5 Å². The standard InChI is InChI=1S/C58H48BN2S2/c1-32-25-40-41(57(4,5)24-23-56(40,2)3)29-44(32)60-45-31-51-50(62-48-21-12-13-22-49(48)63-51)28-38(45)53-52-36-17-10-11-19-39(36)58(6,7)42(52)30-47-54(53)59-43-20-14-18-35-37-26-33-15-8-9-16-34(33)27-46(37)61(47)55(35)43/h8-22,25-31,60H,23-24H2,1-7H3. The van der Waals surface area contributed by atoms with Gasteiger partial charge in [-0.05, 0) is 140 Å². The van der Waals surface area contributed by atoms with Gasteiger partial charge in [0.1, 0.15) is 0 Å². The fourth-order valence-electron chi connectivity index (χ4n) is 11.6. The van der Waals surface area contributed by atoms with Crippen LogP contribution in [-0.4, -0.2) is 11.8 Å². The Morgan fingerprint density at radius 1 is 0.540 bits per heavy atom. The number of benzene rings is 8. The number of rotatable bonds is 3. The van der Waals surface area contributed by atoms with E-state index in [4.69, 9.17) is 0 Å². The second-order valence-corrected chi connectivity index (χ2v) is 22.5. The van der Waals surface area contributed by atoms with Gasteiger partial charge >= 0.3 is 0 Å². The molecule has 1 aromatic heterocycles. The van der Waals surface area contributed by atoms with Crippen molar-refractivity contribution < 1.29 is 0 Å². The van der Waals surface area contributed by atoms with Crippen molar-refractivity contribution in [3.05, 3.63) is 161 Å². The summed E-state index contributed by atoms with van der Waals surface area (Å²) in [4.78, 5) is 5.23. The highest BCUT2D eigenvalue weighted by Gasteiger charge is 2.41. The van der Waals surface area contributed by atoms with Crippen LogP contribution in [0.3, 0.4) is 0 Å². The lowest BCUT2D eigenvalue weighted by atomic mass is 9.58. The first kappa shape index (κ1) is 37.9. The normalized spacial score (nSPS) is 16.7. The van der Waals surface area contributed by atoms with Gasteiger partial charge in [0.15, 0.2) is 7.28 Å². The summed E-state index contributed by atoms with van der Waals surface area (Å²) < 4.78 is 2.61. The van der Waals surface area contributed by atoms with E-state index >= 15 is 0 Å². The molecule has 0 bridgehead atoms. The van der Waals surface area contributed by atoms with Gasteiger partial charge in [0.05, 0.1) is 5.52 Å². The molecule has 2 aliphatic carbocycles. The number of aryl methyl sites for hydroxylation is 1. The lowest BCUT2D eigenvalue weighted by Gasteiger charge is -2.42. The molecular formula is C58H48BN2S2. The number of nitrogens with one attached hydrogen (secondary N) is 1. The monoisotopic (exact) mass is 847 g/mol. The van der Waals surface area contributed by atoms with E-state index in [9.17, 15) is 0 Å². The quantitative estimate of drug-likeness (QED) is 0.179. The number of para-hydroxylation sites is 1. The summed E-state index contributed by atoms with van der Waals surface area (Å²) in [5, 5.41) is 9.35. The molecule has 8 aromatic carbocycles. The van der Waals surface area contributed by atoms with Crippen molar-refractivity contribution in [3.8, 4) is 27.9 Å². The maximum absolute atomic E-state index is 4.21. The first-order valence-corrected chi connectivity index (χ1v) is 24.2. The Morgan fingerprint density at radius 2 is 1.21 bits per heavy atom. The van der Waals surface area contributed by atoms with Gasteiger partial charge in [-0.15, -0.1) is 0 Å². The zero-order valence-corrected chi connectivity index (χ0v) is 38.6. The second-order valence-electron chi connectivity index (χ2n) is 20.3. The van der Waals surface area contributed by atoms with Crippen LogP contribution in [-0.2, 0) is 16.2 Å². The van der Waals surface area contributed by atoms with E-state index in [1.165, 1.54) is 137 Å². The molecule has 4 aliphatic rings. The van der Waals surface area contributed by atoms with Gasteiger partial charge < -0.3 is 9.88 Å². The Hall–Kier alpha value is -5.62. The van der Waals surface area contributed by atoms with Crippen molar-refractivity contribution in [1.29, 1.82) is 0 Å². The molecule has 9 aromatic rings. The Bertz CT molecular complexity index is 3510. The van der Waals surface area contributed by atoms with Crippen molar-refractivity contribution in [1.82, 2.24) is 4.57 Å². The van der Waals surface area contributed by atoms with Crippen molar-refractivity contribution >= 4 is 85.7 Å². The molecule has 3 heterocycles. The fraction of sp³-hybridized carbons (Fsp3) is 0.207. The van der Waals surface area contributed by atoms with E-state index in [2.05, 4.69) is 199 Å². The van der Waals surface area contributed by atoms with Crippen LogP contribution in [0.25, 0.3) is 60.5 Å². The molecule has 5 heteroatoms. The van der Waals surface area contributed by atoms with Crippen LogP contribution in [0.5, 0.6) is 0 Å². The van der Waals surface area contributed by atoms with E-state index in [1.807, 2.05) is 23.5 Å². The maximum Gasteiger partial charge on any atom is 0.197 e. The molecule has 0 spiro atoms. The molecule has 0 atom stereocenters. The lowest BCUT2D eigenvalue weighted by molar-refractivity contribution is 0.332. The minimum Gasteiger partial charge on any atom is -0.355 e. The minimum absolute atomic E-state index is 0.0943. The predicted octanol–water partition coefficient (Wildman–Crippen LogP) is 14.9. The van der Waals surface area contributed by atoms with Crippen molar-refractivity contribution in [3.63, 3.8) is 0 Å². The highest BCUT2D eigenvalue weighted by Crippen LogP contribution is 2.57. The van der Waals surface area contributed by atoms with Crippen LogP contribution in [0, 0.1) is 6.92 Å². The Labute approximate surface area is 379 Å². The van der Waals surface area contributed by atoms with Gasteiger partial charge in [-0.2, -0.15) is 0 Å². The van der Waals surface area contributed by atoms with Gasteiger partial charge in [-0.3, -0.25) is 0 Å². The maximum atomic E-state index is 4.21. The largest absolute Gasteiger partial charge is 0.355 e. The number of hydrogen-bond acceptors (Lipinski definition) is 3. The van der Waals surface area contributed by atoms with E-state index in [1.54, 1.807) is 0 Å². The number of anilines is 2. The predicted molar refractivity (Wildman–Crippen MR) is 271 cm³/mol. The lowest BCUT2D eigenvalue weighted by Crippen LogP contribution is -2.38. The van der Waals surface area contributed by atoms with Crippen LogP contribution in [0.4, 0.5) is 11.4 Å². The van der Waals surface area contributed by atoms with Crippen LogP contribution < -0.4 is 16.2 Å². The Kier molecular flexibility index (Phi) is 7.81. The SMILES string of the molecule is Cc1cc2c(cc1Nc1cc3c(cc1-c1c4c(cc5c1-c1ccccc1C5(C)C)-n1c5cc6ccccc6cc5c5cccc(c51)[B]4)Sc1ccccc1S3)C(C)(C)CCC2(C)C. The summed E-state index contributed by atoms with van der Waals surface area (Å²) in [5.74, 6) is 0. The average Bonchev–Trinajstić information content (AvgIpc) is 3.72. The Balaban J connectivity index is 1.13. The van der Waals surface area contributed by atoms with Crippen molar-refractivity contribution in [2.75, 3.05) is 5.32 Å². The first-order chi connectivity index (χ1) is 30.4. The summed E-state index contributed by atoms with van der Waals surface area (Å²) in [6, 6.07) is 51.2. The summed E-state index contributed by atoms with van der Waals surface area (Å²) in [6.07, 6.45) is 2.38. The second kappa shape index (κ2) is 13.0. The third-order valence-corrected chi connectivity index (χ3v) is 17.8. The molecular weight excluding hydrogens is 800 g/mol. The smallest absolute Gasteiger partial charge is 0.197 e. The molecule has 0 fully saturated rings. The third-order valence-electron chi connectivity index (χ3n) is 15.2. The van der Waals surface area contributed by atoms with E-state index in [0.29, 0.717) is 0 Å². The summed E-state index contributed by atoms with van der Waals surface area (Å²) in [7, 11) is 2.51. The molecule has 1 N–H and O–H groups in total. The summed E-state index contributed by atoms with van der Waals surface area (Å²) in [6.45, 7) is 16.9. The molecule has 305 valence electrons. The van der Waals surface area contributed by atoms with E-state index < -0.39 is 0 Å². The number of fused-ring (bicyclic) bond motifs is 12. The number of aromatic nitrogens is 1. The van der Waals surface area contributed by atoms with Gasteiger partial charge in [0.2, 0.25) is 0 Å². The Morgan fingerprint density at radius 3 is 1.97 bits per heavy atom. The molecule has 0 saturated heterocycles. The van der Waals surface area contributed by atoms with Crippen LogP contribution in [0.2, 0.25) is 0 Å². The van der Waals surface area contributed by atoms with Crippen molar-refractivity contribution in [2.24, 2.45) is 0 Å². The number of nitrogens with zero attached hydrogens (tertiary/aromatic N) is 1. The molecule has 63 heavy (non-hydrogen) atoms. The van der Waals surface area contributed by atoms with Gasteiger partial charge in [-0.1, -0.05) is 155 Å². The first-order valence-electron chi connectivity index (χ1n) is 22.5. The summed E-state index contributed by atoms with van der Waals surface area (Å²) >= 11 is 3.81. The molecule has 0 saturated carbocycles. The van der Waals surface area contributed by atoms with Gasteiger partial charge in [0.25, 0.3) is 0 Å².